The molecule has 0 heterocycles. The Labute approximate surface area is 120 Å². The number of hydrogen-bond donors (Lipinski definition) is 2. The molecule has 0 bridgehead atoms. The van der Waals surface area contributed by atoms with Crippen molar-refractivity contribution in [3.8, 4) is 0 Å². The second kappa shape index (κ2) is 7.22. The van der Waals surface area contributed by atoms with Crippen molar-refractivity contribution in [2.24, 2.45) is 0 Å². The van der Waals surface area contributed by atoms with Crippen molar-refractivity contribution in [1.82, 2.24) is 4.90 Å². The van der Waals surface area contributed by atoms with Gasteiger partial charge in [0.1, 0.15) is 12.4 Å². The number of carbonyl (C=O) groups is 3. The highest BCUT2D eigenvalue weighted by Gasteiger charge is 2.19. The van der Waals surface area contributed by atoms with Gasteiger partial charge in [-0.3, -0.25) is 4.79 Å². The molecule has 0 saturated carbocycles. The van der Waals surface area contributed by atoms with Gasteiger partial charge >= 0.3 is 18.0 Å². The lowest BCUT2D eigenvalue weighted by Gasteiger charge is -2.20. The highest BCUT2D eigenvalue weighted by atomic mass is 19.1. The van der Waals surface area contributed by atoms with Crippen LogP contribution >= 0.6 is 0 Å². The van der Waals surface area contributed by atoms with Crippen LogP contribution in [0.25, 0.3) is 0 Å². The van der Waals surface area contributed by atoms with Crippen LogP contribution in [0.15, 0.2) is 18.2 Å². The van der Waals surface area contributed by atoms with Crippen molar-refractivity contribution in [3.05, 3.63) is 29.6 Å². The number of ether oxygens (including phenoxy) is 1. The van der Waals surface area contributed by atoms with Crippen LogP contribution in [0.2, 0.25) is 0 Å². The first kappa shape index (κ1) is 16.4. The second-order valence-electron chi connectivity index (χ2n) is 4.02. The molecule has 0 saturated heterocycles. The Hall–Kier alpha value is -2.64. The molecule has 0 atom stereocenters. The number of carboxylic acid groups (broad SMARTS) is 1. The summed E-state index contributed by atoms with van der Waals surface area (Å²) in [6.07, 6.45) is 0. The van der Waals surface area contributed by atoms with E-state index in [1.807, 2.05) is 0 Å². The normalized spacial score (nSPS) is 9.86. The molecule has 2 amide bonds. The maximum Gasteiger partial charge on any atom is 0.337 e. The number of aromatic carboxylic acids is 1. The Morgan fingerprint density at radius 1 is 1.38 bits per heavy atom. The Balaban J connectivity index is 2.91. The van der Waals surface area contributed by atoms with Gasteiger partial charge in [-0.1, -0.05) is 0 Å². The monoisotopic (exact) mass is 298 g/mol. The molecule has 21 heavy (non-hydrogen) atoms. The average Bonchev–Trinajstić information content (AvgIpc) is 2.45. The van der Waals surface area contributed by atoms with Gasteiger partial charge in [-0.25, -0.2) is 14.0 Å². The largest absolute Gasteiger partial charge is 0.478 e. The number of urea groups is 1. The van der Waals surface area contributed by atoms with E-state index in [4.69, 9.17) is 5.11 Å². The zero-order valence-electron chi connectivity index (χ0n) is 11.6. The van der Waals surface area contributed by atoms with E-state index in [-0.39, 0.29) is 24.3 Å². The number of rotatable bonds is 5. The third-order valence-electron chi connectivity index (χ3n) is 2.67. The van der Waals surface area contributed by atoms with Crippen LogP contribution in [0.5, 0.6) is 0 Å². The van der Waals surface area contributed by atoms with Crippen molar-refractivity contribution in [2.45, 2.75) is 6.92 Å². The average molecular weight is 298 g/mol. The predicted octanol–water partition coefficient (Wildman–Crippen LogP) is 1.55. The number of methoxy groups -OCH3 is 1. The lowest BCUT2D eigenvalue weighted by Crippen LogP contribution is -2.39. The van der Waals surface area contributed by atoms with E-state index in [0.29, 0.717) is 0 Å². The number of carbonyl (C=O) groups excluding carboxylic acids is 2. The summed E-state index contributed by atoms with van der Waals surface area (Å²) in [4.78, 5) is 35.3. The summed E-state index contributed by atoms with van der Waals surface area (Å²) in [5.41, 5.74) is -0.435. The third-order valence-corrected chi connectivity index (χ3v) is 2.67. The number of hydrogen-bond acceptors (Lipinski definition) is 4. The smallest absolute Gasteiger partial charge is 0.337 e. The number of halogens is 1. The molecule has 0 fully saturated rings. The van der Waals surface area contributed by atoms with Crippen LogP contribution in [0.1, 0.15) is 17.3 Å². The molecule has 0 radical (unpaired) electrons. The first-order valence-corrected chi connectivity index (χ1v) is 6.04. The zero-order valence-corrected chi connectivity index (χ0v) is 11.6. The molecule has 7 nitrogen and oxygen atoms in total. The van der Waals surface area contributed by atoms with E-state index in [2.05, 4.69) is 10.1 Å². The van der Waals surface area contributed by atoms with Crippen LogP contribution in [-0.4, -0.2) is 48.2 Å². The van der Waals surface area contributed by atoms with Gasteiger partial charge in [-0.2, -0.15) is 0 Å². The zero-order chi connectivity index (χ0) is 16.0. The highest BCUT2D eigenvalue weighted by Crippen LogP contribution is 2.17. The molecule has 1 aromatic carbocycles. The Bertz CT molecular complexity index is 561. The standard InChI is InChI=1S/C13H15FN2O5/c1-3-16(7-11(17)21-2)13(20)15-10-5-4-8(14)6-9(10)12(18)19/h4-6H,3,7H2,1-2H3,(H,15,20)(H,18,19). The lowest BCUT2D eigenvalue weighted by molar-refractivity contribution is -0.141. The van der Waals surface area contributed by atoms with Crippen molar-refractivity contribution in [1.29, 1.82) is 0 Å². The fourth-order valence-electron chi connectivity index (χ4n) is 1.54. The molecular formula is C13H15FN2O5. The van der Waals surface area contributed by atoms with Gasteiger partial charge in [0.2, 0.25) is 0 Å². The van der Waals surface area contributed by atoms with Crippen molar-refractivity contribution in [2.75, 3.05) is 25.5 Å². The van der Waals surface area contributed by atoms with Crippen LogP contribution in [0.3, 0.4) is 0 Å². The maximum atomic E-state index is 13.0. The Morgan fingerprint density at radius 2 is 2.05 bits per heavy atom. The van der Waals surface area contributed by atoms with Crippen LogP contribution in [-0.2, 0) is 9.53 Å². The van der Waals surface area contributed by atoms with Crippen LogP contribution in [0, 0.1) is 5.82 Å². The molecule has 8 heteroatoms. The summed E-state index contributed by atoms with van der Waals surface area (Å²) >= 11 is 0. The molecule has 2 N–H and O–H groups in total. The number of carboxylic acids is 1. The number of benzene rings is 1. The summed E-state index contributed by atoms with van der Waals surface area (Å²) in [6, 6.07) is 2.28. The fourth-order valence-corrected chi connectivity index (χ4v) is 1.54. The highest BCUT2D eigenvalue weighted by molar-refractivity contribution is 6.00. The van der Waals surface area contributed by atoms with E-state index in [1.54, 1.807) is 6.92 Å². The van der Waals surface area contributed by atoms with Gasteiger partial charge in [0, 0.05) is 6.54 Å². The van der Waals surface area contributed by atoms with Gasteiger partial charge in [-0.15, -0.1) is 0 Å². The summed E-state index contributed by atoms with van der Waals surface area (Å²) in [7, 11) is 1.19. The van der Waals surface area contributed by atoms with E-state index in [9.17, 15) is 18.8 Å². The number of likely N-dealkylation sites (N-methyl/N-ethyl adjacent to an activating group) is 1. The molecule has 0 aromatic heterocycles. The van der Waals surface area contributed by atoms with E-state index >= 15 is 0 Å². The van der Waals surface area contributed by atoms with Crippen LogP contribution < -0.4 is 5.32 Å². The first-order valence-electron chi connectivity index (χ1n) is 6.04. The molecule has 0 spiro atoms. The fraction of sp³-hybridized carbons (Fsp3) is 0.308. The number of amides is 2. The third kappa shape index (κ3) is 4.44. The van der Waals surface area contributed by atoms with Crippen molar-refractivity contribution in [3.63, 3.8) is 0 Å². The summed E-state index contributed by atoms with van der Waals surface area (Å²) in [6.45, 7) is 1.58. The predicted molar refractivity (Wildman–Crippen MR) is 71.6 cm³/mol. The van der Waals surface area contributed by atoms with Crippen molar-refractivity contribution < 1.29 is 28.6 Å². The van der Waals surface area contributed by atoms with Gasteiger partial charge < -0.3 is 20.1 Å². The number of nitrogens with one attached hydrogen (secondary N) is 1. The molecule has 1 rings (SSSR count). The molecule has 0 aliphatic heterocycles. The van der Waals surface area contributed by atoms with E-state index < -0.39 is 23.8 Å². The quantitative estimate of drug-likeness (QED) is 0.804. The molecular weight excluding hydrogens is 283 g/mol. The van der Waals surface area contributed by atoms with Gasteiger partial charge in [0.05, 0.1) is 18.4 Å². The minimum Gasteiger partial charge on any atom is -0.478 e. The first-order chi connectivity index (χ1) is 9.88. The summed E-state index contributed by atoms with van der Waals surface area (Å²) < 4.78 is 17.5. The summed E-state index contributed by atoms with van der Waals surface area (Å²) in [5, 5.41) is 11.3. The van der Waals surface area contributed by atoms with Gasteiger partial charge in [-0.05, 0) is 25.1 Å². The van der Waals surface area contributed by atoms with E-state index in [0.717, 1.165) is 23.1 Å². The molecule has 0 aliphatic carbocycles. The van der Waals surface area contributed by atoms with Gasteiger partial charge in [0.15, 0.2) is 0 Å². The number of anilines is 1. The van der Waals surface area contributed by atoms with Crippen molar-refractivity contribution >= 4 is 23.7 Å². The number of nitrogens with zero attached hydrogens (tertiary/aromatic N) is 1. The van der Waals surface area contributed by atoms with E-state index in [1.165, 1.54) is 7.11 Å². The Kier molecular flexibility index (Phi) is 5.65. The van der Waals surface area contributed by atoms with Crippen LogP contribution in [0.4, 0.5) is 14.9 Å². The molecule has 1 aromatic rings. The topological polar surface area (TPSA) is 95.9 Å². The number of esters is 1. The molecule has 0 unspecified atom stereocenters. The summed E-state index contributed by atoms with van der Waals surface area (Å²) in [5.74, 6) is -2.71. The minimum atomic E-state index is -1.37. The van der Waals surface area contributed by atoms with Gasteiger partial charge in [0.25, 0.3) is 0 Å². The molecule has 0 aliphatic rings. The second-order valence-corrected chi connectivity index (χ2v) is 4.02. The Morgan fingerprint density at radius 3 is 2.57 bits per heavy atom. The minimum absolute atomic E-state index is 0.0581. The molecule has 114 valence electrons. The SMILES string of the molecule is CCN(CC(=O)OC)C(=O)Nc1ccc(F)cc1C(=O)O. The lowest BCUT2D eigenvalue weighted by atomic mass is 10.1. The maximum absolute atomic E-state index is 13.0.